The lowest BCUT2D eigenvalue weighted by molar-refractivity contribution is -0.143. The van der Waals surface area contributed by atoms with Crippen LogP contribution < -0.4 is 5.73 Å². The number of nitrogens with two attached hydrogens (primary N) is 1. The van der Waals surface area contributed by atoms with E-state index in [1.807, 2.05) is 0 Å². The summed E-state index contributed by atoms with van der Waals surface area (Å²) in [6.45, 7) is 0. The van der Waals surface area contributed by atoms with Gasteiger partial charge in [-0.05, 0) is 25.2 Å². The smallest absolute Gasteiger partial charge is 0.322 e. The van der Waals surface area contributed by atoms with Crippen LogP contribution >= 0.6 is 0 Å². The Morgan fingerprint density at radius 2 is 2.33 bits per heavy atom. The number of aliphatic hydroxyl groups excluding tert-OH is 1. The minimum absolute atomic E-state index is 0.317. The Bertz CT molecular complexity index is 168. The third-order valence-corrected chi connectivity index (χ3v) is 2.17. The Labute approximate surface area is 71.7 Å². The molecule has 2 unspecified atom stereocenters. The third kappa shape index (κ3) is 2.46. The maximum absolute atomic E-state index is 10.8. The van der Waals surface area contributed by atoms with E-state index < -0.39 is 18.1 Å². The minimum atomic E-state index is -0.675. The van der Waals surface area contributed by atoms with Gasteiger partial charge in [0.25, 0.3) is 0 Å². The van der Waals surface area contributed by atoms with Gasteiger partial charge in [-0.25, -0.2) is 0 Å². The molecule has 0 aromatic rings. The van der Waals surface area contributed by atoms with Crippen molar-refractivity contribution in [2.75, 3.05) is 7.11 Å². The Morgan fingerprint density at radius 1 is 1.75 bits per heavy atom. The minimum Gasteiger partial charge on any atom is -0.468 e. The summed E-state index contributed by atoms with van der Waals surface area (Å²) in [7, 11) is 1.30. The van der Waals surface area contributed by atoms with E-state index in [4.69, 9.17) is 5.73 Å². The number of carbonyl (C=O) groups is 1. The molecule has 0 aliphatic heterocycles. The Morgan fingerprint density at radius 3 is 2.75 bits per heavy atom. The molecule has 4 nitrogen and oxygen atoms in total. The van der Waals surface area contributed by atoms with Gasteiger partial charge in [-0.3, -0.25) is 4.79 Å². The number of rotatable bonds is 4. The zero-order chi connectivity index (χ0) is 9.14. The van der Waals surface area contributed by atoms with E-state index in [1.165, 1.54) is 7.11 Å². The van der Waals surface area contributed by atoms with Gasteiger partial charge >= 0.3 is 5.97 Å². The quantitative estimate of drug-likeness (QED) is 0.570. The van der Waals surface area contributed by atoms with Gasteiger partial charge in [-0.15, -0.1) is 0 Å². The summed E-state index contributed by atoms with van der Waals surface area (Å²) in [5.41, 5.74) is 5.46. The second kappa shape index (κ2) is 3.87. The summed E-state index contributed by atoms with van der Waals surface area (Å²) >= 11 is 0. The van der Waals surface area contributed by atoms with Crippen molar-refractivity contribution in [2.24, 2.45) is 11.7 Å². The van der Waals surface area contributed by atoms with Crippen molar-refractivity contribution in [3.05, 3.63) is 0 Å². The fraction of sp³-hybridized carbons (Fsp3) is 0.875. The van der Waals surface area contributed by atoms with Crippen LogP contribution in [0.3, 0.4) is 0 Å². The Balaban J connectivity index is 2.23. The van der Waals surface area contributed by atoms with Crippen molar-refractivity contribution in [1.82, 2.24) is 0 Å². The molecular formula is C8H15NO3. The SMILES string of the molecule is COC(=O)C(N)CC(O)C1CC1. The van der Waals surface area contributed by atoms with Gasteiger partial charge in [0, 0.05) is 0 Å². The molecule has 0 bridgehead atoms. The number of methoxy groups -OCH3 is 1. The van der Waals surface area contributed by atoms with Gasteiger partial charge in [0.2, 0.25) is 0 Å². The van der Waals surface area contributed by atoms with Crippen LogP contribution in [-0.4, -0.2) is 30.3 Å². The lowest BCUT2D eigenvalue weighted by Crippen LogP contribution is -2.35. The predicted octanol–water partition coefficient (Wildman–Crippen LogP) is -0.352. The maximum atomic E-state index is 10.8. The first-order valence-corrected chi connectivity index (χ1v) is 4.16. The first kappa shape index (κ1) is 9.48. The molecule has 4 heteroatoms. The molecule has 0 spiro atoms. The van der Waals surface area contributed by atoms with Crippen LogP contribution in [0.25, 0.3) is 0 Å². The van der Waals surface area contributed by atoms with Crippen LogP contribution in [0.15, 0.2) is 0 Å². The second-order valence-electron chi connectivity index (χ2n) is 3.27. The molecule has 2 atom stereocenters. The largest absolute Gasteiger partial charge is 0.468 e. The number of hydrogen-bond acceptors (Lipinski definition) is 4. The number of hydrogen-bond donors (Lipinski definition) is 2. The van der Waals surface area contributed by atoms with Crippen molar-refractivity contribution >= 4 is 5.97 Å². The molecule has 3 N–H and O–H groups in total. The van der Waals surface area contributed by atoms with Crippen molar-refractivity contribution in [3.8, 4) is 0 Å². The molecule has 0 heterocycles. The molecule has 1 aliphatic rings. The molecule has 1 fully saturated rings. The van der Waals surface area contributed by atoms with Gasteiger partial charge in [0.15, 0.2) is 0 Å². The summed E-state index contributed by atoms with van der Waals surface area (Å²) < 4.78 is 4.44. The summed E-state index contributed by atoms with van der Waals surface area (Å²) in [6, 6.07) is -0.675. The van der Waals surface area contributed by atoms with Crippen LogP contribution in [-0.2, 0) is 9.53 Å². The van der Waals surface area contributed by atoms with Crippen molar-refractivity contribution in [3.63, 3.8) is 0 Å². The average molecular weight is 173 g/mol. The highest BCUT2D eigenvalue weighted by atomic mass is 16.5. The number of esters is 1. The van der Waals surface area contributed by atoms with Crippen LogP contribution in [0.1, 0.15) is 19.3 Å². The normalized spacial score (nSPS) is 21.6. The molecule has 0 amide bonds. The lowest BCUT2D eigenvalue weighted by Gasteiger charge is -2.13. The van der Waals surface area contributed by atoms with Crippen LogP contribution in [0.2, 0.25) is 0 Å². The van der Waals surface area contributed by atoms with Gasteiger partial charge < -0.3 is 15.6 Å². The third-order valence-electron chi connectivity index (χ3n) is 2.17. The fourth-order valence-corrected chi connectivity index (χ4v) is 1.18. The molecule has 0 radical (unpaired) electrons. The lowest BCUT2D eigenvalue weighted by atomic mass is 10.1. The van der Waals surface area contributed by atoms with Gasteiger partial charge in [-0.1, -0.05) is 0 Å². The molecule has 12 heavy (non-hydrogen) atoms. The molecule has 1 saturated carbocycles. The number of carbonyl (C=O) groups excluding carboxylic acids is 1. The van der Waals surface area contributed by atoms with E-state index in [0.717, 1.165) is 12.8 Å². The number of aliphatic hydroxyl groups is 1. The highest BCUT2D eigenvalue weighted by Crippen LogP contribution is 2.34. The summed E-state index contributed by atoms with van der Waals surface area (Å²) in [5, 5.41) is 9.42. The summed E-state index contributed by atoms with van der Waals surface area (Å²) in [5.74, 6) is -0.0876. The zero-order valence-corrected chi connectivity index (χ0v) is 7.19. The Kier molecular flexibility index (Phi) is 3.05. The molecule has 70 valence electrons. The van der Waals surface area contributed by atoms with E-state index in [-0.39, 0.29) is 0 Å². The second-order valence-corrected chi connectivity index (χ2v) is 3.27. The molecule has 0 saturated heterocycles. The average Bonchev–Trinajstić information content (AvgIpc) is 2.84. The standard InChI is InChI=1S/C8H15NO3/c1-12-8(11)6(9)4-7(10)5-2-3-5/h5-7,10H,2-4,9H2,1H3. The highest BCUT2D eigenvalue weighted by Gasteiger charge is 2.32. The summed E-state index contributed by atoms with van der Waals surface area (Å²) in [4.78, 5) is 10.8. The molecule has 0 aromatic carbocycles. The van der Waals surface area contributed by atoms with Crippen LogP contribution in [0.4, 0.5) is 0 Å². The number of ether oxygens (including phenoxy) is 1. The van der Waals surface area contributed by atoms with Gasteiger partial charge in [0.1, 0.15) is 6.04 Å². The molecule has 1 rings (SSSR count). The van der Waals surface area contributed by atoms with E-state index in [2.05, 4.69) is 4.74 Å². The van der Waals surface area contributed by atoms with E-state index >= 15 is 0 Å². The van der Waals surface area contributed by atoms with Crippen LogP contribution in [0.5, 0.6) is 0 Å². The topological polar surface area (TPSA) is 72.5 Å². The zero-order valence-electron chi connectivity index (χ0n) is 7.19. The maximum Gasteiger partial charge on any atom is 0.322 e. The van der Waals surface area contributed by atoms with E-state index in [9.17, 15) is 9.90 Å². The molecule has 0 aromatic heterocycles. The van der Waals surface area contributed by atoms with E-state index in [1.54, 1.807) is 0 Å². The highest BCUT2D eigenvalue weighted by molar-refractivity contribution is 5.75. The summed E-state index contributed by atoms with van der Waals surface area (Å²) in [6.07, 6.45) is 1.99. The van der Waals surface area contributed by atoms with E-state index in [0.29, 0.717) is 12.3 Å². The fourth-order valence-electron chi connectivity index (χ4n) is 1.18. The Hall–Kier alpha value is -0.610. The molecule has 1 aliphatic carbocycles. The molecular weight excluding hydrogens is 158 g/mol. The van der Waals surface area contributed by atoms with Crippen molar-refractivity contribution in [2.45, 2.75) is 31.4 Å². The van der Waals surface area contributed by atoms with Crippen molar-refractivity contribution < 1.29 is 14.6 Å². The van der Waals surface area contributed by atoms with Gasteiger partial charge in [-0.2, -0.15) is 0 Å². The van der Waals surface area contributed by atoms with Gasteiger partial charge in [0.05, 0.1) is 13.2 Å². The first-order valence-electron chi connectivity index (χ1n) is 4.16. The predicted molar refractivity (Wildman–Crippen MR) is 43.3 cm³/mol. The van der Waals surface area contributed by atoms with Crippen LogP contribution in [0, 0.1) is 5.92 Å². The monoisotopic (exact) mass is 173 g/mol. The van der Waals surface area contributed by atoms with Crippen molar-refractivity contribution in [1.29, 1.82) is 0 Å². The first-order chi connectivity index (χ1) is 5.65.